The molecule has 0 aliphatic carbocycles. The Morgan fingerprint density at radius 1 is 1.03 bits per heavy atom. The zero-order valence-corrected chi connectivity index (χ0v) is 16.9. The quantitative estimate of drug-likeness (QED) is 0.644. The molecular weight excluding hydrogens is 366 g/mol. The van der Waals surface area contributed by atoms with Crippen LogP contribution in [0.3, 0.4) is 0 Å². The molecule has 150 valence electrons. The van der Waals surface area contributed by atoms with Crippen LogP contribution in [0.5, 0.6) is 11.5 Å². The van der Waals surface area contributed by atoms with Gasteiger partial charge in [-0.1, -0.05) is 0 Å². The maximum absolute atomic E-state index is 12.8. The third-order valence-electron chi connectivity index (χ3n) is 4.71. The largest absolute Gasteiger partial charge is 0.497 e. The molecule has 0 saturated carbocycles. The van der Waals surface area contributed by atoms with Gasteiger partial charge in [0.25, 0.3) is 5.91 Å². The van der Waals surface area contributed by atoms with Gasteiger partial charge in [-0.2, -0.15) is 0 Å². The predicted octanol–water partition coefficient (Wildman–Crippen LogP) is 3.46. The van der Waals surface area contributed by atoms with Crippen molar-refractivity contribution < 1.29 is 14.3 Å². The highest BCUT2D eigenvalue weighted by atomic mass is 16.5. The second-order valence-electron chi connectivity index (χ2n) is 6.72. The first-order valence-corrected chi connectivity index (χ1v) is 9.29. The molecule has 0 unspecified atom stereocenters. The fourth-order valence-corrected chi connectivity index (χ4v) is 3.12. The number of nitrogens with two attached hydrogens (primary N) is 1. The lowest BCUT2D eigenvalue weighted by Crippen LogP contribution is -2.23. The predicted molar refractivity (Wildman–Crippen MR) is 113 cm³/mol. The molecule has 1 heterocycles. The van der Waals surface area contributed by atoms with Crippen LogP contribution in [0.4, 0.5) is 0 Å². The van der Waals surface area contributed by atoms with E-state index in [1.807, 2.05) is 43.3 Å². The number of pyridine rings is 1. The minimum absolute atomic E-state index is 0.176. The topological polar surface area (TPSA) is 86.5 Å². The molecule has 0 atom stereocenters. The van der Waals surface area contributed by atoms with Gasteiger partial charge in [-0.05, 0) is 65.6 Å². The van der Waals surface area contributed by atoms with E-state index in [2.05, 4.69) is 10.3 Å². The number of aryl methyl sites for hydroxylation is 1. The van der Waals surface area contributed by atoms with E-state index in [1.165, 1.54) is 0 Å². The van der Waals surface area contributed by atoms with Crippen molar-refractivity contribution in [1.82, 2.24) is 10.3 Å². The number of ether oxygens (including phenoxy) is 2. The molecule has 29 heavy (non-hydrogen) atoms. The molecule has 3 N–H and O–H groups in total. The number of aromatic nitrogens is 1. The molecule has 0 saturated heterocycles. The van der Waals surface area contributed by atoms with E-state index >= 15 is 0 Å². The molecule has 2 aromatic carbocycles. The van der Waals surface area contributed by atoms with Crippen LogP contribution >= 0.6 is 0 Å². The minimum atomic E-state index is -0.176. The van der Waals surface area contributed by atoms with Crippen molar-refractivity contribution in [2.75, 3.05) is 14.2 Å². The number of nitrogens with zero attached hydrogens (tertiary/aromatic N) is 1. The van der Waals surface area contributed by atoms with E-state index in [0.717, 1.165) is 27.8 Å². The Kier molecular flexibility index (Phi) is 6.46. The fraction of sp³-hybridized carbons (Fsp3) is 0.217. The van der Waals surface area contributed by atoms with Gasteiger partial charge in [0.2, 0.25) is 0 Å². The van der Waals surface area contributed by atoms with Crippen LogP contribution in [-0.4, -0.2) is 25.1 Å². The van der Waals surface area contributed by atoms with Crippen molar-refractivity contribution in [1.29, 1.82) is 0 Å². The monoisotopic (exact) mass is 391 g/mol. The summed E-state index contributed by atoms with van der Waals surface area (Å²) in [6.07, 6.45) is 3.55. The number of hydrogen-bond acceptors (Lipinski definition) is 5. The van der Waals surface area contributed by atoms with E-state index in [-0.39, 0.29) is 5.91 Å². The van der Waals surface area contributed by atoms with Crippen molar-refractivity contribution >= 4 is 5.91 Å². The second kappa shape index (κ2) is 9.21. The summed E-state index contributed by atoms with van der Waals surface area (Å²) in [4.78, 5) is 17.0. The maximum Gasteiger partial charge on any atom is 0.251 e. The first-order valence-electron chi connectivity index (χ1n) is 9.29. The van der Waals surface area contributed by atoms with Crippen LogP contribution < -0.4 is 20.5 Å². The van der Waals surface area contributed by atoms with Crippen molar-refractivity contribution in [2.45, 2.75) is 20.0 Å². The molecule has 0 bridgehead atoms. The molecule has 3 aromatic rings. The van der Waals surface area contributed by atoms with Crippen LogP contribution in [0.15, 0.2) is 54.9 Å². The average Bonchev–Trinajstić information content (AvgIpc) is 2.77. The Labute approximate surface area is 170 Å². The van der Waals surface area contributed by atoms with Crippen LogP contribution in [0, 0.1) is 6.92 Å². The van der Waals surface area contributed by atoms with Gasteiger partial charge >= 0.3 is 0 Å². The van der Waals surface area contributed by atoms with E-state index in [4.69, 9.17) is 15.2 Å². The summed E-state index contributed by atoms with van der Waals surface area (Å²) in [5.74, 6) is 1.17. The number of hydrogen-bond donors (Lipinski definition) is 2. The summed E-state index contributed by atoms with van der Waals surface area (Å²) in [5, 5.41) is 2.96. The first-order chi connectivity index (χ1) is 14.0. The summed E-state index contributed by atoms with van der Waals surface area (Å²) >= 11 is 0. The van der Waals surface area contributed by atoms with Crippen LogP contribution in [0.1, 0.15) is 27.0 Å². The van der Waals surface area contributed by atoms with E-state index < -0.39 is 0 Å². The molecule has 0 fully saturated rings. The van der Waals surface area contributed by atoms with Gasteiger partial charge in [0.1, 0.15) is 11.5 Å². The van der Waals surface area contributed by atoms with Gasteiger partial charge < -0.3 is 20.5 Å². The highest BCUT2D eigenvalue weighted by molar-refractivity contribution is 5.95. The normalized spacial score (nSPS) is 10.5. The molecule has 0 spiro atoms. The molecule has 6 nitrogen and oxygen atoms in total. The van der Waals surface area contributed by atoms with Crippen LogP contribution in [0.25, 0.3) is 11.1 Å². The highest BCUT2D eigenvalue weighted by Gasteiger charge is 2.12. The number of rotatable bonds is 7. The van der Waals surface area contributed by atoms with Crippen molar-refractivity contribution in [2.24, 2.45) is 5.73 Å². The number of carbonyl (C=O) groups is 1. The Morgan fingerprint density at radius 2 is 1.76 bits per heavy atom. The molecule has 0 aliphatic rings. The van der Waals surface area contributed by atoms with Crippen molar-refractivity contribution in [3.05, 3.63) is 77.1 Å². The van der Waals surface area contributed by atoms with Gasteiger partial charge in [0, 0.05) is 42.7 Å². The van der Waals surface area contributed by atoms with Crippen molar-refractivity contribution in [3.8, 4) is 22.6 Å². The molecule has 6 heteroatoms. The third kappa shape index (κ3) is 4.92. The highest BCUT2D eigenvalue weighted by Crippen LogP contribution is 2.25. The number of methoxy groups -OCH3 is 2. The lowest BCUT2D eigenvalue weighted by atomic mass is 9.97. The average molecular weight is 391 g/mol. The lowest BCUT2D eigenvalue weighted by Gasteiger charge is -2.12. The summed E-state index contributed by atoms with van der Waals surface area (Å²) < 4.78 is 10.6. The summed E-state index contributed by atoms with van der Waals surface area (Å²) in [6, 6.07) is 13.1. The second-order valence-corrected chi connectivity index (χ2v) is 6.72. The van der Waals surface area contributed by atoms with E-state index in [0.29, 0.717) is 30.2 Å². The maximum atomic E-state index is 12.8. The number of amides is 1. The van der Waals surface area contributed by atoms with E-state index in [9.17, 15) is 4.79 Å². The van der Waals surface area contributed by atoms with E-state index in [1.54, 1.807) is 32.7 Å². The summed E-state index contributed by atoms with van der Waals surface area (Å²) in [7, 11) is 3.19. The number of benzene rings is 2. The Hall–Kier alpha value is -3.38. The smallest absolute Gasteiger partial charge is 0.251 e. The van der Waals surface area contributed by atoms with Gasteiger partial charge in [-0.25, -0.2) is 0 Å². The molecule has 1 aromatic heterocycles. The van der Waals surface area contributed by atoms with Gasteiger partial charge in [0.15, 0.2) is 0 Å². The Balaban J connectivity index is 1.84. The standard InChI is InChI=1S/C23H25N3O3/c1-15-4-5-25-14-22(15)18-6-16(12-24)7-19(10-18)23(27)26-13-17-8-20(28-2)11-21(9-17)29-3/h4-11,14H,12-13,24H2,1-3H3,(H,26,27). The Bertz CT molecular complexity index is 996. The van der Waals surface area contributed by atoms with Gasteiger partial charge in [0.05, 0.1) is 14.2 Å². The van der Waals surface area contributed by atoms with Crippen molar-refractivity contribution in [3.63, 3.8) is 0 Å². The summed E-state index contributed by atoms with van der Waals surface area (Å²) in [6.45, 7) is 2.71. The first kappa shape index (κ1) is 20.4. The number of carbonyl (C=O) groups excluding carboxylic acids is 1. The molecule has 0 aliphatic heterocycles. The fourth-order valence-electron chi connectivity index (χ4n) is 3.12. The molecule has 1 amide bonds. The molecule has 3 rings (SSSR count). The van der Waals surface area contributed by atoms with Crippen LogP contribution in [0.2, 0.25) is 0 Å². The Morgan fingerprint density at radius 3 is 2.38 bits per heavy atom. The summed E-state index contributed by atoms with van der Waals surface area (Å²) in [5.41, 5.74) is 11.2. The van der Waals surface area contributed by atoms with Crippen LogP contribution in [-0.2, 0) is 13.1 Å². The SMILES string of the molecule is COc1cc(CNC(=O)c2cc(CN)cc(-c3cnccc3C)c2)cc(OC)c1. The molecular formula is C23H25N3O3. The zero-order valence-electron chi connectivity index (χ0n) is 16.9. The minimum Gasteiger partial charge on any atom is -0.497 e. The molecule has 0 radical (unpaired) electrons. The lowest BCUT2D eigenvalue weighted by molar-refractivity contribution is 0.0950. The van der Waals surface area contributed by atoms with Gasteiger partial charge in [-0.15, -0.1) is 0 Å². The third-order valence-corrected chi connectivity index (χ3v) is 4.71. The zero-order chi connectivity index (χ0) is 20.8. The van der Waals surface area contributed by atoms with Gasteiger partial charge in [-0.3, -0.25) is 9.78 Å². The number of nitrogens with one attached hydrogen (secondary N) is 1.